The molecular formula is C11H20N4O3. The van der Waals surface area contributed by atoms with Gasteiger partial charge in [-0.1, -0.05) is 13.8 Å². The predicted molar refractivity (Wildman–Crippen MR) is 68.4 cm³/mol. The molecule has 7 heteroatoms. The Bertz CT molecular complexity index is 426. The SMILES string of the molecule is CC(C)CC(C)(O)CNc1nn(C)cc1[N+](=O)[O-]. The topological polar surface area (TPSA) is 93.2 Å². The van der Waals surface area contributed by atoms with Gasteiger partial charge in [-0.15, -0.1) is 5.10 Å². The van der Waals surface area contributed by atoms with Crippen LogP contribution in [0.2, 0.25) is 0 Å². The van der Waals surface area contributed by atoms with Crippen molar-refractivity contribution in [1.29, 1.82) is 0 Å². The van der Waals surface area contributed by atoms with Crippen molar-refractivity contribution < 1.29 is 10.0 Å². The van der Waals surface area contributed by atoms with Gasteiger partial charge < -0.3 is 10.4 Å². The minimum Gasteiger partial charge on any atom is -0.388 e. The van der Waals surface area contributed by atoms with Crippen LogP contribution < -0.4 is 5.32 Å². The Kier molecular flexibility index (Phi) is 4.28. The van der Waals surface area contributed by atoms with Crippen molar-refractivity contribution in [3.05, 3.63) is 16.3 Å². The maximum absolute atomic E-state index is 10.8. The predicted octanol–water partition coefficient (Wildman–Crippen LogP) is 1.54. The number of nitrogens with zero attached hydrogens (tertiary/aromatic N) is 3. The highest BCUT2D eigenvalue weighted by molar-refractivity contribution is 5.54. The summed E-state index contributed by atoms with van der Waals surface area (Å²) < 4.78 is 1.37. The summed E-state index contributed by atoms with van der Waals surface area (Å²) in [7, 11) is 1.62. The highest BCUT2D eigenvalue weighted by Gasteiger charge is 2.25. The molecule has 0 bridgehead atoms. The molecule has 0 aliphatic rings. The fourth-order valence-electron chi connectivity index (χ4n) is 1.96. The average molecular weight is 256 g/mol. The van der Waals surface area contributed by atoms with Gasteiger partial charge in [0.1, 0.15) is 6.20 Å². The number of hydrogen-bond acceptors (Lipinski definition) is 5. The Morgan fingerprint density at radius 1 is 1.67 bits per heavy atom. The molecule has 0 radical (unpaired) electrons. The Morgan fingerprint density at radius 3 is 2.78 bits per heavy atom. The lowest BCUT2D eigenvalue weighted by Gasteiger charge is -2.25. The zero-order valence-corrected chi connectivity index (χ0v) is 11.2. The highest BCUT2D eigenvalue weighted by Crippen LogP contribution is 2.23. The number of rotatable bonds is 6. The molecule has 1 heterocycles. The van der Waals surface area contributed by atoms with Gasteiger partial charge in [-0.2, -0.15) is 0 Å². The molecule has 102 valence electrons. The molecule has 1 aromatic heterocycles. The van der Waals surface area contributed by atoms with Crippen LogP contribution in [0.1, 0.15) is 27.2 Å². The fraction of sp³-hybridized carbons (Fsp3) is 0.727. The molecule has 0 aromatic carbocycles. The fourth-order valence-corrected chi connectivity index (χ4v) is 1.96. The Hall–Kier alpha value is -1.63. The van der Waals surface area contributed by atoms with Crippen LogP contribution >= 0.6 is 0 Å². The van der Waals surface area contributed by atoms with E-state index in [9.17, 15) is 15.2 Å². The molecule has 0 amide bonds. The lowest BCUT2D eigenvalue weighted by Crippen LogP contribution is -2.35. The van der Waals surface area contributed by atoms with Gasteiger partial charge in [0, 0.05) is 13.6 Å². The van der Waals surface area contributed by atoms with E-state index in [4.69, 9.17) is 0 Å². The van der Waals surface area contributed by atoms with Crippen LogP contribution in [0.5, 0.6) is 0 Å². The number of aliphatic hydroxyl groups is 1. The molecule has 0 fully saturated rings. The zero-order chi connectivity index (χ0) is 13.9. The van der Waals surface area contributed by atoms with Crippen LogP contribution in [-0.4, -0.2) is 32.0 Å². The number of nitro groups is 1. The summed E-state index contributed by atoms with van der Waals surface area (Å²) in [4.78, 5) is 10.3. The smallest absolute Gasteiger partial charge is 0.330 e. The van der Waals surface area contributed by atoms with Crippen LogP contribution in [0.3, 0.4) is 0 Å². The Balaban J connectivity index is 2.71. The molecule has 1 aromatic rings. The average Bonchev–Trinajstić information content (AvgIpc) is 2.55. The third-order valence-electron chi connectivity index (χ3n) is 2.49. The van der Waals surface area contributed by atoms with E-state index < -0.39 is 10.5 Å². The van der Waals surface area contributed by atoms with Crippen molar-refractivity contribution >= 4 is 11.5 Å². The van der Waals surface area contributed by atoms with Crippen LogP contribution in [0, 0.1) is 16.0 Å². The van der Waals surface area contributed by atoms with E-state index in [1.165, 1.54) is 10.9 Å². The van der Waals surface area contributed by atoms with Crippen molar-refractivity contribution in [3.8, 4) is 0 Å². The van der Waals surface area contributed by atoms with Crippen molar-refractivity contribution in [2.75, 3.05) is 11.9 Å². The number of aromatic nitrogens is 2. The minimum atomic E-state index is -0.917. The second kappa shape index (κ2) is 5.34. The molecule has 18 heavy (non-hydrogen) atoms. The van der Waals surface area contributed by atoms with E-state index in [0.717, 1.165) is 0 Å². The van der Waals surface area contributed by atoms with Gasteiger partial charge in [-0.3, -0.25) is 14.8 Å². The van der Waals surface area contributed by atoms with Gasteiger partial charge in [-0.05, 0) is 19.3 Å². The molecule has 2 N–H and O–H groups in total. The number of nitrogens with one attached hydrogen (secondary N) is 1. The van der Waals surface area contributed by atoms with E-state index in [2.05, 4.69) is 10.4 Å². The van der Waals surface area contributed by atoms with Gasteiger partial charge >= 0.3 is 5.69 Å². The van der Waals surface area contributed by atoms with Gasteiger partial charge in [0.05, 0.1) is 10.5 Å². The standard InChI is InChI=1S/C11H20N4O3/c1-8(2)5-11(3,16)7-12-10-9(15(17)18)6-14(4)13-10/h6,8,16H,5,7H2,1-4H3,(H,12,13). The summed E-state index contributed by atoms with van der Waals surface area (Å²) in [5.74, 6) is 0.534. The van der Waals surface area contributed by atoms with Crippen molar-refractivity contribution in [3.63, 3.8) is 0 Å². The summed E-state index contributed by atoms with van der Waals surface area (Å²) in [5, 5.41) is 27.7. The lowest BCUT2D eigenvalue weighted by molar-refractivity contribution is -0.384. The van der Waals surface area contributed by atoms with E-state index in [1.807, 2.05) is 13.8 Å². The first-order valence-electron chi connectivity index (χ1n) is 5.85. The van der Waals surface area contributed by atoms with Crippen molar-refractivity contribution in [2.45, 2.75) is 32.8 Å². The molecule has 0 spiro atoms. The molecule has 7 nitrogen and oxygen atoms in total. The van der Waals surface area contributed by atoms with Crippen LogP contribution in [0.15, 0.2) is 6.20 Å². The van der Waals surface area contributed by atoms with Crippen LogP contribution in [-0.2, 0) is 7.05 Å². The first-order valence-corrected chi connectivity index (χ1v) is 5.85. The highest BCUT2D eigenvalue weighted by atomic mass is 16.6. The van der Waals surface area contributed by atoms with Gasteiger partial charge in [0.15, 0.2) is 0 Å². The van der Waals surface area contributed by atoms with Crippen molar-refractivity contribution in [1.82, 2.24) is 9.78 Å². The van der Waals surface area contributed by atoms with E-state index in [1.54, 1.807) is 14.0 Å². The molecular weight excluding hydrogens is 236 g/mol. The third kappa shape index (κ3) is 3.99. The summed E-state index contributed by atoms with van der Waals surface area (Å²) in [6, 6.07) is 0. The minimum absolute atomic E-state index is 0.0853. The van der Waals surface area contributed by atoms with E-state index >= 15 is 0 Å². The quantitative estimate of drug-likeness (QED) is 0.594. The number of aryl methyl sites for hydroxylation is 1. The first-order chi connectivity index (χ1) is 8.21. The monoisotopic (exact) mass is 256 g/mol. The molecule has 1 unspecified atom stereocenters. The molecule has 1 atom stereocenters. The zero-order valence-electron chi connectivity index (χ0n) is 11.2. The maximum Gasteiger partial charge on any atom is 0.330 e. The number of hydrogen-bond donors (Lipinski definition) is 2. The number of anilines is 1. The molecule has 1 rings (SSSR count). The molecule has 0 aliphatic heterocycles. The summed E-state index contributed by atoms with van der Waals surface area (Å²) >= 11 is 0. The van der Waals surface area contributed by atoms with Gasteiger partial charge in [0.2, 0.25) is 5.82 Å². The van der Waals surface area contributed by atoms with Crippen LogP contribution in [0.4, 0.5) is 11.5 Å². The summed E-state index contributed by atoms with van der Waals surface area (Å²) in [5.41, 5.74) is -1.00. The normalized spacial score (nSPS) is 14.6. The van der Waals surface area contributed by atoms with E-state index in [0.29, 0.717) is 12.3 Å². The largest absolute Gasteiger partial charge is 0.388 e. The Morgan fingerprint density at radius 2 is 2.28 bits per heavy atom. The molecule has 0 aliphatic carbocycles. The lowest BCUT2D eigenvalue weighted by atomic mass is 9.94. The maximum atomic E-state index is 10.8. The van der Waals surface area contributed by atoms with Crippen molar-refractivity contribution in [2.24, 2.45) is 13.0 Å². The second-order valence-corrected chi connectivity index (χ2v) is 5.24. The van der Waals surface area contributed by atoms with Gasteiger partial charge in [0.25, 0.3) is 0 Å². The van der Waals surface area contributed by atoms with Gasteiger partial charge in [-0.25, -0.2) is 0 Å². The molecule has 0 saturated carbocycles. The van der Waals surface area contributed by atoms with E-state index in [-0.39, 0.29) is 18.1 Å². The van der Waals surface area contributed by atoms with Crippen LogP contribution in [0.25, 0.3) is 0 Å². The third-order valence-corrected chi connectivity index (χ3v) is 2.49. The molecule has 0 saturated heterocycles. The summed E-state index contributed by atoms with van der Waals surface area (Å²) in [6.07, 6.45) is 1.94. The Labute approximate surface area is 106 Å². The summed E-state index contributed by atoms with van der Waals surface area (Å²) in [6.45, 7) is 5.95. The second-order valence-electron chi connectivity index (χ2n) is 5.24. The first kappa shape index (κ1) is 14.4.